The molecule has 1 N–H and O–H groups in total. The van der Waals surface area contributed by atoms with Crippen LogP contribution in [-0.4, -0.2) is 22.3 Å². The summed E-state index contributed by atoms with van der Waals surface area (Å²) in [4.78, 5) is 11.7. The summed E-state index contributed by atoms with van der Waals surface area (Å²) in [5, 5.41) is 10.0. The summed E-state index contributed by atoms with van der Waals surface area (Å²) in [5.74, 6) is -0.822. The van der Waals surface area contributed by atoms with Crippen molar-refractivity contribution < 1.29 is 14.6 Å². The van der Waals surface area contributed by atoms with Gasteiger partial charge in [-0.25, -0.2) is 0 Å². The summed E-state index contributed by atoms with van der Waals surface area (Å²) in [7, 11) is 0. The predicted octanol–water partition coefficient (Wildman–Crippen LogP) is 2.52. The number of carbonyl (C=O) groups is 1. The molecule has 15 heavy (non-hydrogen) atoms. The maximum atomic E-state index is 11.7. The van der Waals surface area contributed by atoms with Crippen molar-refractivity contribution in [1.82, 2.24) is 0 Å². The Morgan fingerprint density at radius 1 is 1.33 bits per heavy atom. The van der Waals surface area contributed by atoms with E-state index in [1.807, 2.05) is 27.7 Å². The molecule has 0 aliphatic heterocycles. The van der Waals surface area contributed by atoms with Gasteiger partial charge in [-0.3, -0.25) is 4.79 Å². The summed E-state index contributed by atoms with van der Waals surface area (Å²) in [6.07, 6.45) is 1.45. The second kappa shape index (κ2) is 4.97. The average Bonchev–Trinajstić information content (AvgIpc) is 1.99. The maximum Gasteiger partial charge on any atom is 0.312 e. The Bertz CT molecular complexity index is 213. The number of esters is 1. The maximum absolute atomic E-state index is 11.7. The zero-order chi connectivity index (χ0) is 12.3. The third kappa shape index (κ3) is 5.17. The first-order chi connectivity index (χ1) is 6.60. The largest absolute Gasteiger partial charge is 0.460 e. The molecule has 0 aromatic carbocycles. The van der Waals surface area contributed by atoms with Crippen LogP contribution in [0.15, 0.2) is 0 Å². The minimum atomic E-state index is -0.975. The van der Waals surface area contributed by atoms with E-state index in [1.165, 1.54) is 0 Å². The lowest BCUT2D eigenvalue weighted by Crippen LogP contribution is -2.41. The van der Waals surface area contributed by atoms with E-state index in [0.29, 0.717) is 6.42 Å². The molecule has 0 saturated carbocycles. The number of hydrogen-bond donors (Lipinski definition) is 1. The molecule has 3 nitrogen and oxygen atoms in total. The second-order valence-electron chi connectivity index (χ2n) is 5.36. The normalized spacial score (nSPS) is 18.1. The van der Waals surface area contributed by atoms with Crippen LogP contribution in [-0.2, 0) is 9.53 Å². The molecule has 0 radical (unpaired) electrons. The lowest BCUT2D eigenvalue weighted by atomic mass is 9.86. The van der Waals surface area contributed by atoms with Crippen molar-refractivity contribution in [3.8, 4) is 0 Å². The van der Waals surface area contributed by atoms with E-state index in [2.05, 4.69) is 0 Å². The first-order valence-corrected chi connectivity index (χ1v) is 5.55. The fraction of sp³-hybridized carbons (Fsp3) is 0.917. The molecule has 0 spiro atoms. The molecule has 0 fully saturated rings. The van der Waals surface area contributed by atoms with Crippen molar-refractivity contribution in [2.75, 3.05) is 0 Å². The molecule has 0 aliphatic rings. The SMILES string of the molecule is CCCC(C)(O)C(C)C(=O)OC(C)(C)C. The van der Waals surface area contributed by atoms with Gasteiger partial charge in [0.05, 0.1) is 11.5 Å². The molecular formula is C12H24O3. The summed E-state index contributed by atoms with van der Waals surface area (Å²) >= 11 is 0. The van der Waals surface area contributed by atoms with Crippen molar-refractivity contribution >= 4 is 5.97 Å². The Hall–Kier alpha value is -0.570. The van der Waals surface area contributed by atoms with E-state index in [4.69, 9.17) is 4.74 Å². The van der Waals surface area contributed by atoms with E-state index >= 15 is 0 Å². The lowest BCUT2D eigenvalue weighted by Gasteiger charge is -2.31. The first-order valence-electron chi connectivity index (χ1n) is 5.55. The summed E-state index contributed by atoms with van der Waals surface area (Å²) in [6, 6.07) is 0. The summed E-state index contributed by atoms with van der Waals surface area (Å²) < 4.78 is 5.23. The van der Waals surface area contributed by atoms with Gasteiger partial charge >= 0.3 is 5.97 Å². The van der Waals surface area contributed by atoms with E-state index in [0.717, 1.165) is 6.42 Å². The number of hydrogen-bond acceptors (Lipinski definition) is 3. The van der Waals surface area contributed by atoms with Gasteiger partial charge in [-0.05, 0) is 41.0 Å². The zero-order valence-corrected chi connectivity index (χ0v) is 10.8. The Labute approximate surface area is 92.8 Å². The van der Waals surface area contributed by atoms with Crippen LogP contribution < -0.4 is 0 Å². The third-order valence-electron chi connectivity index (χ3n) is 2.45. The predicted molar refractivity (Wildman–Crippen MR) is 60.5 cm³/mol. The van der Waals surface area contributed by atoms with Crippen molar-refractivity contribution in [3.05, 3.63) is 0 Å². The van der Waals surface area contributed by atoms with E-state index in [-0.39, 0.29) is 5.97 Å². The van der Waals surface area contributed by atoms with Crippen molar-refractivity contribution in [3.63, 3.8) is 0 Å². The number of rotatable bonds is 4. The van der Waals surface area contributed by atoms with Gasteiger partial charge in [0, 0.05) is 0 Å². The van der Waals surface area contributed by atoms with Crippen LogP contribution in [0.25, 0.3) is 0 Å². The van der Waals surface area contributed by atoms with E-state index in [9.17, 15) is 9.90 Å². The van der Waals surface area contributed by atoms with Crippen molar-refractivity contribution in [1.29, 1.82) is 0 Å². The monoisotopic (exact) mass is 216 g/mol. The molecule has 0 aliphatic carbocycles. The lowest BCUT2D eigenvalue weighted by molar-refractivity contribution is -0.168. The molecule has 0 amide bonds. The highest BCUT2D eigenvalue weighted by molar-refractivity contribution is 5.73. The molecule has 90 valence electrons. The summed E-state index contributed by atoms with van der Waals surface area (Å²) in [5.41, 5.74) is -1.47. The number of aliphatic hydroxyl groups is 1. The zero-order valence-electron chi connectivity index (χ0n) is 10.8. The van der Waals surface area contributed by atoms with Gasteiger partial charge in [0.15, 0.2) is 0 Å². The Kier molecular flexibility index (Phi) is 4.78. The Balaban J connectivity index is 4.44. The van der Waals surface area contributed by atoms with E-state index < -0.39 is 17.1 Å². The van der Waals surface area contributed by atoms with Gasteiger partial charge in [0.1, 0.15) is 5.60 Å². The molecule has 0 aromatic rings. The Morgan fingerprint density at radius 3 is 2.13 bits per heavy atom. The standard InChI is InChI=1S/C12H24O3/c1-7-8-12(6,14)9(2)10(13)15-11(3,4)5/h9,14H,7-8H2,1-6H3. The second-order valence-corrected chi connectivity index (χ2v) is 5.36. The fourth-order valence-corrected chi connectivity index (χ4v) is 1.37. The smallest absolute Gasteiger partial charge is 0.312 e. The van der Waals surface area contributed by atoms with Gasteiger partial charge in [0.25, 0.3) is 0 Å². The molecule has 3 heteroatoms. The van der Waals surface area contributed by atoms with Gasteiger partial charge in [-0.15, -0.1) is 0 Å². The number of ether oxygens (including phenoxy) is 1. The van der Waals surface area contributed by atoms with Crippen LogP contribution in [0.4, 0.5) is 0 Å². The highest BCUT2D eigenvalue weighted by Gasteiger charge is 2.35. The Morgan fingerprint density at radius 2 is 1.80 bits per heavy atom. The highest BCUT2D eigenvalue weighted by atomic mass is 16.6. The van der Waals surface area contributed by atoms with Crippen LogP contribution in [0.2, 0.25) is 0 Å². The third-order valence-corrected chi connectivity index (χ3v) is 2.45. The minimum absolute atomic E-state index is 0.332. The topological polar surface area (TPSA) is 46.5 Å². The van der Waals surface area contributed by atoms with Crippen LogP contribution in [0.3, 0.4) is 0 Å². The van der Waals surface area contributed by atoms with E-state index in [1.54, 1.807) is 13.8 Å². The van der Waals surface area contributed by atoms with Gasteiger partial charge in [-0.2, -0.15) is 0 Å². The number of carbonyl (C=O) groups excluding carboxylic acids is 1. The molecule has 2 unspecified atom stereocenters. The summed E-state index contributed by atoms with van der Waals surface area (Å²) in [6.45, 7) is 10.9. The van der Waals surface area contributed by atoms with Crippen LogP contribution >= 0.6 is 0 Å². The molecule has 0 aromatic heterocycles. The van der Waals surface area contributed by atoms with Crippen LogP contribution in [0.1, 0.15) is 54.4 Å². The molecule has 0 rings (SSSR count). The van der Waals surface area contributed by atoms with Crippen molar-refractivity contribution in [2.45, 2.75) is 65.6 Å². The molecule has 0 bridgehead atoms. The highest BCUT2D eigenvalue weighted by Crippen LogP contribution is 2.25. The molecular weight excluding hydrogens is 192 g/mol. The quantitative estimate of drug-likeness (QED) is 0.734. The fourth-order valence-electron chi connectivity index (χ4n) is 1.37. The molecule has 0 saturated heterocycles. The average molecular weight is 216 g/mol. The van der Waals surface area contributed by atoms with Gasteiger partial charge in [-0.1, -0.05) is 13.3 Å². The molecule has 2 atom stereocenters. The minimum Gasteiger partial charge on any atom is -0.460 e. The molecule has 0 heterocycles. The van der Waals surface area contributed by atoms with Crippen LogP contribution in [0, 0.1) is 5.92 Å². The van der Waals surface area contributed by atoms with Crippen molar-refractivity contribution in [2.24, 2.45) is 5.92 Å². The first kappa shape index (κ1) is 14.4. The van der Waals surface area contributed by atoms with Gasteiger partial charge in [0.2, 0.25) is 0 Å². The van der Waals surface area contributed by atoms with Gasteiger partial charge < -0.3 is 9.84 Å². The van der Waals surface area contributed by atoms with Crippen LogP contribution in [0.5, 0.6) is 0 Å².